The van der Waals surface area contributed by atoms with Crippen LogP contribution in [0.15, 0.2) is 42.5 Å². The summed E-state index contributed by atoms with van der Waals surface area (Å²) >= 11 is 5.93. The second-order valence-corrected chi connectivity index (χ2v) is 6.86. The molecule has 2 aromatic carbocycles. The van der Waals surface area contributed by atoms with Gasteiger partial charge in [-0.2, -0.15) is 0 Å². The van der Waals surface area contributed by atoms with Crippen molar-refractivity contribution in [1.82, 2.24) is 0 Å². The maximum Gasteiger partial charge on any atom is 0.314 e. The number of halogens is 1. The van der Waals surface area contributed by atoms with Gasteiger partial charge < -0.3 is 15.5 Å². The van der Waals surface area contributed by atoms with E-state index in [1.54, 1.807) is 41.3 Å². The molecule has 0 saturated carbocycles. The number of aryl methyl sites for hydroxylation is 1. The summed E-state index contributed by atoms with van der Waals surface area (Å²) in [5.74, 6) is -1.52. The number of nitrogens with zero attached hydrogens (tertiary/aromatic N) is 1. The van der Waals surface area contributed by atoms with Crippen molar-refractivity contribution in [3.05, 3.63) is 53.1 Å². The zero-order chi connectivity index (χ0) is 19.4. The SMILES string of the molecule is Cc1ccc(Cl)cc1NC(=O)C(=O)Nc1cccc(N2CCCCC2=O)c1. The number of carbonyl (C=O) groups is 3. The van der Waals surface area contributed by atoms with Gasteiger partial charge in [-0.05, 0) is 55.7 Å². The maximum atomic E-state index is 12.2. The highest BCUT2D eigenvalue weighted by Crippen LogP contribution is 2.24. The summed E-state index contributed by atoms with van der Waals surface area (Å²) in [5.41, 5.74) is 2.44. The largest absolute Gasteiger partial charge is 0.318 e. The van der Waals surface area contributed by atoms with Gasteiger partial charge in [0.15, 0.2) is 0 Å². The molecule has 0 aromatic heterocycles. The Kier molecular flexibility index (Phi) is 5.76. The van der Waals surface area contributed by atoms with Gasteiger partial charge in [0.25, 0.3) is 0 Å². The summed E-state index contributed by atoms with van der Waals surface area (Å²) < 4.78 is 0. The summed E-state index contributed by atoms with van der Waals surface area (Å²) in [4.78, 5) is 38.2. The molecule has 1 fully saturated rings. The highest BCUT2D eigenvalue weighted by atomic mass is 35.5. The average molecular weight is 386 g/mol. The van der Waals surface area contributed by atoms with Crippen LogP contribution in [-0.4, -0.2) is 24.3 Å². The molecule has 0 bridgehead atoms. The van der Waals surface area contributed by atoms with Gasteiger partial charge in [0.1, 0.15) is 0 Å². The van der Waals surface area contributed by atoms with Crippen LogP contribution in [0.2, 0.25) is 5.02 Å². The smallest absolute Gasteiger partial charge is 0.314 e. The van der Waals surface area contributed by atoms with E-state index in [-0.39, 0.29) is 5.91 Å². The van der Waals surface area contributed by atoms with Crippen LogP contribution in [0.25, 0.3) is 0 Å². The zero-order valence-corrected chi connectivity index (χ0v) is 15.7. The fourth-order valence-electron chi connectivity index (χ4n) is 2.93. The van der Waals surface area contributed by atoms with E-state index in [1.165, 1.54) is 0 Å². The van der Waals surface area contributed by atoms with Crippen molar-refractivity contribution >= 4 is 46.4 Å². The number of carbonyl (C=O) groups excluding carboxylic acids is 3. The highest BCUT2D eigenvalue weighted by molar-refractivity contribution is 6.44. The number of hydrogen-bond acceptors (Lipinski definition) is 3. The predicted molar refractivity (Wildman–Crippen MR) is 106 cm³/mol. The molecule has 2 N–H and O–H groups in total. The normalized spacial score (nSPS) is 14.0. The van der Waals surface area contributed by atoms with Gasteiger partial charge in [-0.1, -0.05) is 23.7 Å². The molecule has 0 unspecified atom stereocenters. The number of anilines is 3. The number of benzene rings is 2. The molecule has 1 heterocycles. The first-order valence-electron chi connectivity index (χ1n) is 8.73. The minimum absolute atomic E-state index is 0.0684. The zero-order valence-electron chi connectivity index (χ0n) is 14.9. The lowest BCUT2D eigenvalue weighted by atomic mass is 10.1. The first-order valence-corrected chi connectivity index (χ1v) is 9.11. The highest BCUT2D eigenvalue weighted by Gasteiger charge is 2.20. The maximum absolute atomic E-state index is 12.2. The van der Waals surface area contributed by atoms with Gasteiger partial charge in [0, 0.05) is 35.1 Å². The van der Waals surface area contributed by atoms with Crippen LogP contribution in [0.3, 0.4) is 0 Å². The van der Waals surface area contributed by atoms with Crippen molar-refractivity contribution in [3.8, 4) is 0 Å². The molecule has 3 amide bonds. The topological polar surface area (TPSA) is 78.5 Å². The lowest BCUT2D eigenvalue weighted by Gasteiger charge is -2.27. The molecule has 1 aliphatic heterocycles. The third-order valence-corrected chi connectivity index (χ3v) is 4.63. The molecule has 27 heavy (non-hydrogen) atoms. The van der Waals surface area contributed by atoms with Crippen LogP contribution in [0.5, 0.6) is 0 Å². The fourth-order valence-corrected chi connectivity index (χ4v) is 3.10. The summed E-state index contributed by atoms with van der Waals surface area (Å²) in [6.45, 7) is 2.47. The van der Waals surface area contributed by atoms with Crippen LogP contribution in [0, 0.1) is 6.92 Å². The summed E-state index contributed by atoms with van der Waals surface area (Å²) in [5, 5.41) is 5.59. The Balaban J connectivity index is 1.68. The second-order valence-electron chi connectivity index (χ2n) is 6.42. The fraction of sp³-hybridized carbons (Fsp3) is 0.250. The van der Waals surface area contributed by atoms with Gasteiger partial charge in [-0.25, -0.2) is 0 Å². The van der Waals surface area contributed by atoms with E-state index in [4.69, 9.17) is 11.6 Å². The van der Waals surface area contributed by atoms with Gasteiger partial charge in [-0.15, -0.1) is 0 Å². The Morgan fingerprint density at radius 2 is 1.81 bits per heavy atom. The molecule has 140 valence electrons. The molecule has 1 aliphatic rings. The van der Waals surface area contributed by atoms with Crippen molar-refractivity contribution in [2.45, 2.75) is 26.2 Å². The van der Waals surface area contributed by atoms with Crippen molar-refractivity contribution in [2.75, 3.05) is 22.1 Å². The van der Waals surface area contributed by atoms with E-state index in [9.17, 15) is 14.4 Å². The molecule has 0 spiro atoms. The Labute approximate surface area is 162 Å². The molecular weight excluding hydrogens is 366 g/mol. The van der Waals surface area contributed by atoms with Gasteiger partial charge >= 0.3 is 11.8 Å². The molecule has 1 saturated heterocycles. The van der Waals surface area contributed by atoms with Crippen molar-refractivity contribution in [2.24, 2.45) is 0 Å². The molecule has 0 radical (unpaired) electrons. The van der Waals surface area contributed by atoms with E-state index in [0.717, 1.165) is 18.4 Å². The number of amides is 3. The van der Waals surface area contributed by atoms with E-state index in [0.29, 0.717) is 35.1 Å². The van der Waals surface area contributed by atoms with Crippen LogP contribution < -0.4 is 15.5 Å². The van der Waals surface area contributed by atoms with Gasteiger partial charge in [0.2, 0.25) is 5.91 Å². The van der Waals surface area contributed by atoms with E-state index in [2.05, 4.69) is 10.6 Å². The molecule has 2 aromatic rings. The van der Waals surface area contributed by atoms with E-state index >= 15 is 0 Å². The predicted octanol–water partition coefficient (Wildman–Crippen LogP) is 3.74. The minimum Gasteiger partial charge on any atom is -0.318 e. The first-order chi connectivity index (χ1) is 12.9. The second kappa shape index (κ2) is 8.22. The number of rotatable bonds is 3. The quantitative estimate of drug-likeness (QED) is 0.790. The van der Waals surface area contributed by atoms with Crippen LogP contribution >= 0.6 is 11.6 Å². The lowest BCUT2D eigenvalue weighted by molar-refractivity contribution is -0.133. The average Bonchev–Trinajstić information content (AvgIpc) is 2.65. The van der Waals surface area contributed by atoms with Gasteiger partial charge in [-0.3, -0.25) is 14.4 Å². The van der Waals surface area contributed by atoms with Gasteiger partial charge in [0.05, 0.1) is 0 Å². The summed E-state index contributed by atoms with van der Waals surface area (Å²) in [6, 6.07) is 12.0. The van der Waals surface area contributed by atoms with Crippen LogP contribution in [0.4, 0.5) is 17.1 Å². The third kappa shape index (κ3) is 4.65. The van der Waals surface area contributed by atoms with E-state index < -0.39 is 11.8 Å². The Hall–Kier alpha value is -2.86. The number of piperidine rings is 1. The summed E-state index contributed by atoms with van der Waals surface area (Å²) in [6.07, 6.45) is 2.37. The molecule has 3 rings (SSSR count). The lowest BCUT2D eigenvalue weighted by Crippen LogP contribution is -2.35. The van der Waals surface area contributed by atoms with E-state index in [1.807, 2.05) is 13.0 Å². The molecule has 6 nitrogen and oxygen atoms in total. The molecule has 0 aliphatic carbocycles. The van der Waals surface area contributed by atoms with Crippen molar-refractivity contribution < 1.29 is 14.4 Å². The van der Waals surface area contributed by atoms with Crippen molar-refractivity contribution in [3.63, 3.8) is 0 Å². The summed E-state index contributed by atoms with van der Waals surface area (Å²) in [7, 11) is 0. The molecule has 7 heteroatoms. The third-order valence-electron chi connectivity index (χ3n) is 4.39. The molecule has 0 atom stereocenters. The Morgan fingerprint density at radius 1 is 1.04 bits per heavy atom. The van der Waals surface area contributed by atoms with Crippen LogP contribution in [-0.2, 0) is 14.4 Å². The number of hydrogen-bond donors (Lipinski definition) is 2. The first kappa shape index (κ1) is 18.9. The van der Waals surface area contributed by atoms with Crippen molar-refractivity contribution in [1.29, 1.82) is 0 Å². The number of nitrogens with one attached hydrogen (secondary N) is 2. The molecular formula is C20H20ClN3O3. The monoisotopic (exact) mass is 385 g/mol. The van der Waals surface area contributed by atoms with Crippen LogP contribution in [0.1, 0.15) is 24.8 Å². The minimum atomic E-state index is -0.795. The Morgan fingerprint density at radius 3 is 2.59 bits per heavy atom. The Bertz CT molecular complexity index is 898. The standard InChI is InChI=1S/C20H20ClN3O3/c1-13-8-9-14(21)11-17(13)23-20(27)19(26)22-15-5-4-6-16(12-15)24-10-3-2-7-18(24)25/h4-6,8-9,11-12H,2-3,7,10H2,1H3,(H,22,26)(H,23,27).